The molecule has 2 heterocycles. The molecule has 0 spiro atoms. The van der Waals surface area contributed by atoms with Gasteiger partial charge in [0.15, 0.2) is 0 Å². The number of anilines is 1. The number of rotatable bonds is 11. The molecule has 1 aromatic heterocycles. The minimum absolute atomic E-state index is 0.169. The van der Waals surface area contributed by atoms with E-state index >= 15 is 0 Å². The fourth-order valence-corrected chi connectivity index (χ4v) is 6.24. The number of hydrogen-bond donors (Lipinski definition) is 2. The number of amides is 1. The SMILES string of the molecule is COC(=O)C[C@H](N)C(=O)Nc1ccc(-c2sc3ccccc3c2Cc2ccc(OCCN3CCCC3)cc2)cc1. The molecule has 3 N–H and O–H groups in total. The normalized spacial score (nSPS) is 14.2. The Labute approximate surface area is 238 Å². The molecule has 1 atom stereocenters. The first kappa shape index (κ1) is 27.8. The quantitative estimate of drug-likeness (QED) is 0.238. The van der Waals surface area contributed by atoms with E-state index in [9.17, 15) is 9.59 Å². The predicted octanol–water partition coefficient (Wildman–Crippen LogP) is 5.46. The van der Waals surface area contributed by atoms with Crippen LogP contribution in [-0.4, -0.2) is 56.2 Å². The topological polar surface area (TPSA) is 93.9 Å². The van der Waals surface area contributed by atoms with Crippen LogP contribution in [0.15, 0.2) is 72.8 Å². The molecule has 5 rings (SSSR count). The fourth-order valence-electron chi connectivity index (χ4n) is 5.01. The molecule has 7 nitrogen and oxygen atoms in total. The van der Waals surface area contributed by atoms with Crippen LogP contribution in [0.5, 0.6) is 5.75 Å². The number of nitrogens with zero attached hydrogens (tertiary/aromatic N) is 1. The van der Waals surface area contributed by atoms with Crippen molar-refractivity contribution in [3.8, 4) is 16.2 Å². The zero-order valence-corrected chi connectivity index (χ0v) is 23.5. The molecule has 1 amide bonds. The second-order valence-corrected chi connectivity index (χ2v) is 11.1. The Morgan fingerprint density at radius 2 is 1.73 bits per heavy atom. The molecule has 40 heavy (non-hydrogen) atoms. The summed E-state index contributed by atoms with van der Waals surface area (Å²) in [5, 5.41) is 4.03. The van der Waals surface area contributed by atoms with Gasteiger partial charge in [0.1, 0.15) is 12.4 Å². The second kappa shape index (κ2) is 13.1. The summed E-state index contributed by atoms with van der Waals surface area (Å²) in [6.07, 6.45) is 3.22. The van der Waals surface area contributed by atoms with Gasteiger partial charge in [-0.1, -0.05) is 42.5 Å². The molecule has 1 aliphatic heterocycles. The van der Waals surface area contributed by atoms with E-state index < -0.39 is 17.9 Å². The van der Waals surface area contributed by atoms with Gasteiger partial charge in [0.05, 0.1) is 19.6 Å². The van der Waals surface area contributed by atoms with Crippen LogP contribution < -0.4 is 15.8 Å². The van der Waals surface area contributed by atoms with Crippen LogP contribution in [0, 0.1) is 0 Å². The number of likely N-dealkylation sites (tertiary alicyclic amines) is 1. The number of nitrogens with one attached hydrogen (secondary N) is 1. The molecule has 3 aromatic carbocycles. The van der Waals surface area contributed by atoms with Gasteiger partial charge in [0.25, 0.3) is 0 Å². The number of thiophene rings is 1. The molecule has 0 saturated carbocycles. The van der Waals surface area contributed by atoms with E-state index in [1.165, 1.54) is 59.1 Å². The summed E-state index contributed by atoms with van der Waals surface area (Å²) in [7, 11) is 1.27. The van der Waals surface area contributed by atoms with E-state index in [0.29, 0.717) is 12.3 Å². The van der Waals surface area contributed by atoms with Gasteiger partial charge >= 0.3 is 5.97 Å². The first-order valence-electron chi connectivity index (χ1n) is 13.7. The lowest BCUT2D eigenvalue weighted by Crippen LogP contribution is -2.37. The van der Waals surface area contributed by atoms with Crippen LogP contribution in [0.3, 0.4) is 0 Å². The van der Waals surface area contributed by atoms with Gasteiger partial charge in [0, 0.05) is 21.8 Å². The maximum Gasteiger partial charge on any atom is 0.307 e. The minimum atomic E-state index is -0.969. The largest absolute Gasteiger partial charge is 0.492 e. The van der Waals surface area contributed by atoms with Gasteiger partial charge in [0.2, 0.25) is 5.91 Å². The van der Waals surface area contributed by atoms with E-state index in [-0.39, 0.29) is 6.42 Å². The van der Waals surface area contributed by atoms with Gasteiger partial charge < -0.3 is 20.5 Å². The number of carbonyl (C=O) groups excluding carboxylic acids is 2. The molecule has 4 aromatic rings. The second-order valence-electron chi connectivity index (χ2n) is 10.1. The monoisotopic (exact) mass is 557 g/mol. The Bertz CT molecular complexity index is 1440. The lowest BCUT2D eigenvalue weighted by Gasteiger charge is -2.15. The lowest BCUT2D eigenvalue weighted by molar-refractivity contribution is -0.142. The van der Waals surface area contributed by atoms with E-state index in [1.807, 2.05) is 24.3 Å². The van der Waals surface area contributed by atoms with Crippen molar-refractivity contribution in [2.24, 2.45) is 5.73 Å². The molecular formula is C32H35N3O4S. The van der Waals surface area contributed by atoms with Crippen LogP contribution in [0.25, 0.3) is 20.5 Å². The highest BCUT2D eigenvalue weighted by atomic mass is 32.1. The van der Waals surface area contributed by atoms with Crippen LogP contribution in [0.2, 0.25) is 0 Å². The van der Waals surface area contributed by atoms with Crippen LogP contribution in [0.1, 0.15) is 30.4 Å². The number of fused-ring (bicyclic) bond motifs is 1. The van der Waals surface area contributed by atoms with Gasteiger partial charge in [-0.3, -0.25) is 14.5 Å². The molecule has 1 aliphatic rings. The molecule has 0 bridgehead atoms. The maximum absolute atomic E-state index is 12.4. The average molecular weight is 558 g/mol. The highest BCUT2D eigenvalue weighted by Gasteiger charge is 2.19. The molecule has 1 fully saturated rings. The van der Waals surface area contributed by atoms with Gasteiger partial charge in [-0.15, -0.1) is 11.3 Å². The van der Waals surface area contributed by atoms with E-state index in [2.05, 4.69) is 63.5 Å². The van der Waals surface area contributed by atoms with Crippen molar-refractivity contribution < 1.29 is 19.1 Å². The van der Waals surface area contributed by atoms with Crippen molar-refractivity contribution >= 4 is 39.0 Å². The van der Waals surface area contributed by atoms with Crippen molar-refractivity contribution in [2.75, 3.05) is 38.7 Å². The van der Waals surface area contributed by atoms with Crippen LogP contribution in [-0.2, 0) is 20.7 Å². The number of hydrogen-bond acceptors (Lipinski definition) is 7. The van der Waals surface area contributed by atoms with Crippen molar-refractivity contribution in [3.63, 3.8) is 0 Å². The summed E-state index contributed by atoms with van der Waals surface area (Å²) in [6, 6.07) is 23.7. The number of methoxy groups -OCH3 is 1. The smallest absolute Gasteiger partial charge is 0.307 e. The molecule has 0 unspecified atom stereocenters. The molecular weight excluding hydrogens is 522 g/mol. The average Bonchev–Trinajstić information content (AvgIpc) is 3.62. The van der Waals surface area contributed by atoms with Crippen LogP contribution in [0.4, 0.5) is 5.69 Å². The summed E-state index contributed by atoms with van der Waals surface area (Å²) in [6.45, 7) is 4.06. The summed E-state index contributed by atoms with van der Waals surface area (Å²) in [5.41, 5.74) is 10.0. The number of benzene rings is 3. The van der Waals surface area contributed by atoms with Gasteiger partial charge in [-0.2, -0.15) is 0 Å². The molecule has 1 saturated heterocycles. The summed E-state index contributed by atoms with van der Waals surface area (Å²) < 4.78 is 11.8. The summed E-state index contributed by atoms with van der Waals surface area (Å²) >= 11 is 1.77. The van der Waals surface area contributed by atoms with E-state index in [0.717, 1.165) is 24.3 Å². The summed E-state index contributed by atoms with van der Waals surface area (Å²) in [5.74, 6) is -0.0403. The van der Waals surface area contributed by atoms with Crippen molar-refractivity contribution in [1.29, 1.82) is 0 Å². The molecule has 0 aliphatic carbocycles. The number of nitrogens with two attached hydrogens (primary N) is 1. The fraction of sp³-hybridized carbons (Fsp3) is 0.312. The maximum atomic E-state index is 12.4. The predicted molar refractivity (Wildman–Crippen MR) is 161 cm³/mol. The van der Waals surface area contributed by atoms with E-state index in [1.54, 1.807) is 11.3 Å². The van der Waals surface area contributed by atoms with E-state index in [4.69, 9.17) is 10.5 Å². The van der Waals surface area contributed by atoms with Crippen molar-refractivity contribution in [3.05, 3.63) is 83.9 Å². The highest BCUT2D eigenvalue weighted by molar-refractivity contribution is 7.22. The van der Waals surface area contributed by atoms with Crippen molar-refractivity contribution in [2.45, 2.75) is 31.7 Å². The Morgan fingerprint density at radius 3 is 2.45 bits per heavy atom. The summed E-state index contributed by atoms with van der Waals surface area (Å²) in [4.78, 5) is 27.5. The molecule has 8 heteroatoms. The third-order valence-electron chi connectivity index (χ3n) is 7.24. The lowest BCUT2D eigenvalue weighted by atomic mass is 9.99. The van der Waals surface area contributed by atoms with Gasteiger partial charge in [-0.05, 0) is 84.8 Å². The third-order valence-corrected chi connectivity index (χ3v) is 8.51. The standard InChI is InChI=1S/C32H35N3O4S/c1-38-30(36)21-28(33)32(37)34-24-12-10-23(11-13-24)31-27(26-6-2-3-7-29(26)40-31)20-22-8-14-25(15-9-22)39-19-18-35-16-4-5-17-35/h2-3,6-15,28H,4-5,16-21,33H2,1H3,(H,34,37)/t28-/m0/s1. The molecule has 0 radical (unpaired) electrons. The minimum Gasteiger partial charge on any atom is -0.492 e. The Kier molecular flexibility index (Phi) is 9.11. The number of ether oxygens (including phenoxy) is 2. The van der Waals surface area contributed by atoms with Crippen LogP contribution >= 0.6 is 11.3 Å². The highest BCUT2D eigenvalue weighted by Crippen LogP contribution is 2.40. The molecule has 208 valence electrons. The first-order chi connectivity index (χ1) is 19.5. The Hall–Kier alpha value is -3.72. The zero-order valence-electron chi connectivity index (χ0n) is 22.7. The third kappa shape index (κ3) is 6.88. The first-order valence-corrected chi connectivity index (χ1v) is 14.5. The Morgan fingerprint density at radius 1 is 1.00 bits per heavy atom. The number of esters is 1. The van der Waals surface area contributed by atoms with Gasteiger partial charge in [-0.25, -0.2) is 0 Å². The zero-order chi connectivity index (χ0) is 27.9. The number of carbonyl (C=O) groups is 2. The van der Waals surface area contributed by atoms with Crippen molar-refractivity contribution in [1.82, 2.24) is 4.90 Å². The Balaban J connectivity index is 1.29.